The molecule has 0 spiro atoms. The molecule has 0 nitrogen and oxygen atoms in total. The number of rotatable bonds is 3. The zero-order valence-electron chi connectivity index (χ0n) is 11.3. The summed E-state index contributed by atoms with van der Waals surface area (Å²) >= 11 is 0. The van der Waals surface area contributed by atoms with Crippen LogP contribution in [0.3, 0.4) is 0 Å². The fourth-order valence-electron chi connectivity index (χ4n) is 3.92. The van der Waals surface area contributed by atoms with Crippen LogP contribution in [0.15, 0.2) is 23.8 Å². The van der Waals surface area contributed by atoms with E-state index in [0.717, 1.165) is 11.5 Å². The van der Waals surface area contributed by atoms with E-state index >= 15 is 0 Å². The first kappa shape index (κ1) is 11.0. The van der Waals surface area contributed by atoms with Gasteiger partial charge < -0.3 is 0 Å². The Morgan fingerprint density at radius 1 is 1.17 bits per heavy atom. The van der Waals surface area contributed by atoms with Crippen LogP contribution in [0, 0.1) is 0 Å². The molecule has 3 aliphatic rings. The lowest BCUT2D eigenvalue weighted by atomic mass is 10.00. The molecule has 2 fully saturated rings. The Morgan fingerprint density at radius 3 is 2.56 bits per heavy atom. The molecule has 0 amide bonds. The Labute approximate surface area is 112 Å². The van der Waals surface area contributed by atoms with Crippen LogP contribution in [0.4, 0.5) is 0 Å². The average Bonchev–Trinajstić information content (AvgIpc) is 3.10. The fraction of sp³-hybridized carbons (Fsp3) is 0.529. The molecule has 1 atom stereocenters. The zero-order valence-corrected chi connectivity index (χ0v) is 12.4. The van der Waals surface area contributed by atoms with Gasteiger partial charge in [0.25, 0.3) is 0 Å². The maximum atomic E-state index is 2.58. The Kier molecular flexibility index (Phi) is 2.51. The van der Waals surface area contributed by atoms with Crippen molar-refractivity contribution in [1.29, 1.82) is 0 Å². The van der Waals surface area contributed by atoms with Crippen molar-refractivity contribution < 1.29 is 0 Å². The predicted molar refractivity (Wildman–Crippen MR) is 80.8 cm³/mol. The third-order valence-electron chi connectivity index (χ3n) is 5.28. The summed E-state index contributed by atoms with van der Waals surface area (Å²) in [5.74, 6) is 0.899. The third kappa shape index (κ3) is 1.56. The normalized spacial score (nSPS) is 26.7. The van der Waals surface area contributed by atoms with E-state index in [1.54, 1.807) is 34.4 Å². The first-order chi connectivity index (χ1) is 8.88. The standard InChI is InChI=1S/C17H22Si/c1-2-12-11-16-14(13-7-8-13)5-3-6-15(16)17(12)18-9-4-10-18/h3,5-6,11,13,17-18H,2,4,7-10H2,1H3. The lowest BCUT2D eigenvalue weighted by molar-refractivity contribution is 0.862. The summed E-state index contributed by atoms with van der Waals surface area (Å²) in [6.07, 6.45) is 8.22. The van der Waals surface area contributed by atoms with Crippen LogP contribution >= 0.6 is 0 Å². The molecule has 94 valence electrons. The molecule has 1 aliphatic heterocycles. The molecular weight excluding hydrogens is 232 g/mol. The summed E-state index contributed by atoms with van der Waals surface area (Å²) in [4.78, 5) is 0. The van der Waals surface area contributed by atoms with Gasteiger partial charge in [-0.1, -0.05) is 55.3 Å². The zero-order chi connectivity index (χ0) is 12.1. The highest BCUT2D eigenvalue weighted by Crippen LogP contribution is 2.50. The van der Waals surface area contributed by atoms with E-state index in [9.17, 15) is 0 Å². The molecule has 1 saturated heterocycles. The van der Waals surface area contributed by atoms with Crippen molar-refractivity contribution in [1.82, 2.24) is 0 Å². The highest BCUT2D eigenvalue weighted by Gasteiger charge is 2.37. The third-order valence-corrected chi connectivity index (χ3v) is 9.31. The minimum absolute atomic E-state index is 0.466. The van der Waals surface area contributed by atoms with Crippen molar-refractivity contribution in [2.45, 2.75) is 56.2 Å². The van der Waals surface area contributed by atoms with Gasteiger partial charge in [0.05, 0.1) is 8.80 Å². The SMILES string of the molecule is CCC1=Cc2c(C3CC3)cccc2C1[SiH]1CCC1. The maximum absolute atomic E-state index is 2.58. The van der Waals surface area contributed by atoms with Crippen molar-refractivity contribution in [3.63, 3.8) is 0 Å². The number of hydrogen-bond acceptors (Lipinski definition) is 0. The van der Waals surface area contributed by atoms with Gasteiger partial charge in [-0.25, -0.2) is 0 Å². The van der Waals surface area contributed by atoms with Crippen molar-refractivity contribution in [2.24, 2.45) is 0 Å². The van der Waals surface area contributed by atoms with Crippen LogP contribution in [0.5, 0.6) is 0 Å². The minimum Gasteiger partial charge on any atom is -0.0654 e. The Hall–Kier alpha value is -0.823. The molecule has 0 bridgehead atoms. The summed E-state index contributed by atoms with van der Waals surface area (Å²) in [5, 5.41) is 0. The van der Waals surface area contributed by atoms with Gasteiger partial charge in [-0.3, -0.25) is 0 Å². The van der Waals surface area contributed by atoms with Crippen LogP contribution in [0.2, 0.25) is 12.1 Å². The molecule has 0 aromatic heterocycles. The molecule has 18 heavy (non-hydrogen) atoms. The number of fused-ring (bicyclic) bond motifs is 1. The molecule has 1 saturated carbocycles. The maximum Gasteiger partial charge on any atom is 0.0500 e. The van der Waals surface area contributed by atoms with Gasteiger partial charge in [-0.15, -0.1) is 0 Å². The highest BCUT2D eigenvalue weighted by atomic mass is 28.3. The monoisotopic (exact) mass is 254 g/mol. The van der Waals surface area contributed by atoms with Gasteiger partial charge in [0.1, 0.15) is 0 Å². The smallest absolute Gasteiger partial charge is 0.0500 e. The molecule has 1 unspecified atom stereocenters. The van der Waals surface area contributed by atoms with E-state index in [-0.39, 0.29) is 0 Å². The van der Waals surface area contributed by atoms with Gasteiger partial charge in [0.2, 0.25) is 0 Å². The fourth-order valence-corrected chi connectivity index (χ4v) is 7.20. The van der Waals surface area contributed by atoms with E-state index in [0.29, 0.717) is 0 Å². The van der Waals surface area contributed by atoms with Crippen molar-refractivity contribution in [2.75, 3.05) is 0 Å². The highest BCUT2D eigenvalue weighted by molar-refractivity contribution is 6.64. The summed E-state index contributed by atoms with van der Waals surface area (Å²) in [5.41, 5.74) is 7.75. The molecule has 0 radical (unpaired) electrons. The Balaban J connectivity index is 1.79. The van der Waals surface area contributed by atoms with E-state index in [1.807, 2.05) is 0 Å². The molecule has 4 rings (SSSR count). The first-order valence-electron chi connectivity index (χ1n) is 7.71. The van der Waals surface area contributed by atoms with E-state index in [1.165, 1.54) is 25.7 Å². The van der Waals surface area contributed by atoms with Crippen LogP contribution in [-0.4, -0.2) is 8.80 Å². The van der Waals surface area contributed by atoms with Crippen LogP contribution in [0.25, 0.3) is 6.08 Å². The summed E-state index contributed by atoms with van der Waals surface area (Å²) < 4.78 is 0. The summed E-state index contributed by atoms with van der Waals surface area (Å²) in [6, 6.07) is 10.4. The molecule has 1 heteroatoms. The molecule has 1 heterocycles. The first-order valence-corrected chi connectivity index (χ1v) is 10.0. The van der Waals surface area contributed by atoms with E-state index in [4.69, 9.17) is 0 Å². The largest absolute Gasteiger partial charge is 0.0654 e. The number of allylic oxidation sites excluding steroid dienone is 1. The molecule has 2 aliphatic carbocycles. The predicted octanol–water partition coefficient (Wildman–Crippen LogP) is 4.62. The van der Waals surface area contributed by atoms with Crippen molar-refractivity contribution in [3.05, 3.63) is 40.5 Å². The number of hydrogen-bond donors (Lipinski definition) is 0. The Bertz CT molecular complexity index is 506. The van der Waals surface area contributed by atoms with Crippen molar-refractivity contribution >= 4 is 14.9 Å². The molecule has 0 N–H and O–H groups in total. The summed E-state index contributed by atoms with van der Waals surface area (Å²) in [6.45, 7) is 2.36. The Morgan fingerprint density at radius 2 is 1.94 bits per heavy atom. The molecule has 1 aromatic rings. The second-order valence-electron chi connectivity index (χ2n) is 6.37. The molecule has 1 aromatic carbocycles. The topological polar surface area (TPSA) is 0 Å². The number of benzene rings is 1. The second-order valence-corrected chi connectivity index (χ2v) is 9.71. The quantitative estimate of drug-likeness (QED) is 0.690. The average molecular weight is 254 g/mol. The lowest BCUT2D eigenvalue weighted by Crippen LogP contribution is -2.30. The van der Waals surface area contributed by atoms with Gasteiger partial charge in [0.15, 0.2) is 0 Å². The van der Waals surface area contributed by atoms with Crippen LogP contribution < -0.4 is 0 Å². The van der Waals surface area contributed by atoms with Crippen molar-refractivity contribution in [3.8, 4) is 0 Å². The van der Waals surface area contributed by atoms with E-state index in [2.05, 4.69) is 31.2 Å². The van der Waals surface area contributed by atoms with E-state index < -0.39 is 8.80 Å². The van der Waals surface area contributed by atoms with Crippen LogP contribution in [-0.2, 0) is 0 Å². The van der Waals surface area contributed by atoms with Gasteiger partial charge in [-0.2, -0.15) is 0 Å². The van der Waals surface area contributed by atoms with Crippen LogP contribution in [0.1, 0.15) is 60.8 Å². The lowest BCUT2D eigenvalue weighted by Gasteiger charge is -2.32. The van der Waals surface area contributed by atoms with Gasteiger partial charge >= 0.3 is 0 Å². The molecular formula is C17H22Si. The van der Waals surface area contributed by atoms with Gasteiger partial charge in [0, 0.05) is 0 Å². The minimum atomic E-state index is -0.466. The second kappa shape index (κ2) is 4.09. The van der Waals surface area contributed by atoms with Gasteiger partial charge in [-0.05, 0) is 47.4 Å². The summed E-state index contributed by atoms with van der Waals surface area (Å²) in [7, 11) is -0.466.